The lowest BCUT2D eigenvalue weighted by Gasteiger charge is -2.10. The van der Waals surface area contributed by atoms with Gasteiger partial charge in [-0.25, -0.2) is 0 Å². The van der Waals surface area contributed by atoms with E-state index in [1.165, 1.54) is 5.56 Å². The second-order valence-corrected chi connectivity index (χ2v) is 6.15. The van der Waals surface area contributed by atoms with Gasteiger partial charge in [-0.2, -0.15) is 5.10 Å². The molecule has 0 aliphatic rings. The lowest BCUT2D eigenvalue weighted by Crippen LogP contribution is -2.21. The molecule has 2 aromatic rings. The third-order valence-corrected chi connectivity index (χ3v) is 3.75. The summed E-state index contributed by atoms with van der Waals surface area (Å²) in [5.74, 6) is 0. The normalized spacial score (nSPS) is 11.3. The molecule has 114 valence electrons. The second kappa shape index (κ2) is 7.10. The Kier molecular flexibility index (Phi) is 5.43. The van der Waals surface area contributed by atoms with Gasteiger partial charge in [0.15, 0.2) is 0 Å². The maximum Gasteiger partial charge on any atom is 0.0672 e. The number of aromatic nitrogens is 2. The lowest BCUT2D eigenvalue weighted by molar-refractivity contribution is 0.589. The van der Waals surface area contributed by atoms with Crippen LogP contribution in [0.1, 0.15) is 38.4 Å². The van der Waals surface area contributed by atoms with E-state index in [-0.39, 0.29) is 0 Å². The molecule has 0 amide bonds. The highest BCUT2D eigenvalue weighted by Crippen LogP contribution is 2.30. The fourth-order valence-electron chi connectivity index (χ4n) is 2.33. The van der Waals surface area contributed by atoms with Crippen molar-refractivity contribution in [2.45, 2.75) is 53.2 Å². The molecule has 0 saturated heterocycles. The molecule has 0 atom stereocenters. The SMILES string of the molecule is CCCn1cc(-c2ccc(CNC(C)C)cc2Cl)c(C)n1. The molecule has 0 spiro atoms. The largest absolute Gasteiger partial charge is 0.310 e. The van der Waals surface area contributed by atoms with Gasteiger partial charge in [-0.15, -0.1) is 0 Å². The van der Waals surface area contributed by atoms with Crippen LogP contribution in [-0.2, 0) is 13.1 Å². The Hall–Kier alpha value is -1.32. The van der Waals surface area contributed by atoms with Gasteiger partial charge < -0.3 is 5.32 Å². The fourth-order valence-corrected chi connectivity index (χ4v) is 2.64. The Morgan fingerprint density at radius 1 is 1.29 bits per heavy atom. The molecule has 1 aromatic carbocycles. The zero-order valence-corrected chi connectivity index (χ0v) is 14.0. The summed E-state index contributed by atoms with van der Waals surface area (Å²) in [6, 6.07) is 6.74. The summed E-state index contributed by atoms with van der Waals surface area (Å²) in [6.07, 6.45) is 3.17. The molecule has 0 radical (unpaired) electrons. The van der Waals surface area contributed by atoms with Crippen molar-refractivity contribution in [1.29, 1.82) is 0 Å². The molecule has 0 unspecified atom stereocenters. The van der Waals surface area contributed by atoms with Crippen molar-refractivity contribution in [1.82, 2.24) is 15.1 Å². The molecule has 21 heavy (non-hydrogen) atoms. The number of halogens is 1. The summed E-state index contributed by atoms with van der Waals surface area (Å²) in [5.41, 5.74) is 4.41. The standard InChI is InChI=1S/C17H24ClN3/c1-5-8-21-11-16(13(4)20-21)15-7-6-14(9-17(15)18)10-19-12(2)3/h6-7,9,11-12,19H,5,8,10H2,1-4H3. The number of nitrogens with zero attached hydrogens (tertiary/aromatic N) is 2. The number of nitrogens with one attached hydrogen (secondary N) is 1. The van der Waals surface area contributed by atoms with Crippen molar-refractivity contribution in [3.8, 4) is 11.1 Å². The van der Waals surface area contributed by atoms with E-state index in [0.29, 0.717) is 6.04 Å². The highest BCUT2D eigenvalue weighted by Gasteiger charge is 2.11. The van der Waals surface area contributed by atoms with E-state index in [1.54, 1.807) is 0 Å². The van der Waals surface area contributed by atoms with Crippen LogP contribution in [0, 0.1) is 6.92 Å². The van der Waals surface area contributed by atoms with Crippen molar-refractivity contribution in [3.63, 3.8) is 0 Å². The maximum atomic E-state index is 6.47. The van der Waals surface area contributed by atoms with E-state index < -0.39 is 0 Å². The molecule has 0 aliphatic heterocycles. The monoisotopic (exact) mass is 305 g/mol. The van der Waals surface area contributed by atoms with Crippen LogP contribution in [0.4, 0.5) is 0 Å². The van der Waals surface area contributed by atoms with E-state index in [4.69, 9.17) is 11.6 Å². The number of hydrogen-bond acceptors (Lipinski definition) is 2. The second-order valence-electron chi connectivity index (χ2n) is 5.74. The van der Waals surface area contributed by atoms with Crippen molar-refractivity contribution in [3.05, 3.63) is 40.7 Å². The highest BCUT2D eigenvalue weighted by atomic mass is 35.5. The molecule has 4 heteroatoms. The third kappa shape index (κ3) is 4.08. The van der Waals surface area contributed by atoms with Crippen molar-refractivity contribution in [2.24, 2.45) is 0 Å². The fraction of sp³-hybridized carbons (Fsp3) is 0.471. The van der Waals surface area contributed by atoms with Crippen LogP contribution in [0.3, 0.4) is 0 Å². The van der Waals surface area contributed by atoms with Crippen LogP contribution in [0.5, 0.6) is 0 Å². The minimum atomic E-state index is 0.470. The van der Waals surface area contributed by atoms with Crippen molar-refractivity contribution < 1.29 is 0 Å². The summed E-state index contributed by atoms with van der Waals surface area (Å²) >= 11 is 6.47. The molecule has 0 saturated carbocycles. The van der Waals surface area contributed by atoms with Crippen LogP contribution < -0.4 is 5.32 Å². The Morgan fingerprint density at radius 3 is 2.67 bits per heavy atom. The van der Waals surface area contributed by atoms with Crippen molar-refractivity contribution >= 4 is 11.6 Å². The molecular formula is C17H24ClN3. The van der Waals surface area contributed by atoms with Gasteiger partial charge >= 0.3 is 0 Å². The van der Waals surface area contributed by atoms with E-state index >= 15 is 0 Å². The first-order valence-electron chi connectivity index (χ1n) is 7.57. The number of benzene rings is 1. The Morgan fingerprint density at radius 2 is 2.05 bits per heavy atom. The number of hydrogen-bond donors (Lipinski definition) is 1. The van der Waals surface area contributed by atoms with Crippen molar-refractivity contribution in [2.75, 3.05) is 0 Å². The van der Waals surface area contributed by atoms with Gasteiger partial charge in [0.1, 0.15) is 0 Å². The van der Waals surface area contributed by atoms with Gasteiger partial charge in [-0.1, -0.05) is 44.5 Å². The molecule has 0 aliphatic carbocycles. The van der Waals surface area contributed by atoms with E-state index in [2.05, 4.69) is 49.5 Å². The molecular weight excluding hydrogens is 282 g/mol. The summed E-state index contributed by atoms with van der Waals surface area (Å²) < 4.78 is 2.00. The van der Waals surface area contributed by atoms with Gasteiger partial charge in [0.05, 0.1) is 5.69 Å². The first-order valence-corrected chi connectivity index (χ1v) is 7.95. The first-order chi connectivity index (χ1) is 10.0. The molecule has 1 heterocycles. The average Bonchev–Trinajstić information content (AvgIpc) is 2.78. The molecule has 1 aromatic heterocycles. The van der Waals surface area contributed by atoms with Crippen LogP contribution in [0.25, 0.3) is 11.1 Å². The zero-order valence-electron chi connectivity index (χ0n) is 13.3. The van der Waals surface area contributed by atoms with Gasteiger partial charge in [-0.3, -0.25) is 4.68 Å². The smallest absolute Gasteiger partial charge is 0.0672 e. The molecule has 1 N–H and O–H groups in total. The van der Waals surface area contributed by atoms with Gasteiger partial charge in [0.25, 0.3) is 0 Å². The first kappa shape index (κ1) is 16.1. The Bertz CT molecular complexity index is 602. The third-order valence-electron chi connectivity index (χ3n) is 3.44. The van der Waals surface area contributed by atoms with Crippen LogP contribution in [-0.4, -0.2) is 15.8 Å². The van der Waals surface area contributed by atoms with Crippen LogP contribution >= 0.6 is 11.6 Å². The molecule has 3 nitrogen and oxygen atoms in total. The average molecular weight is 306 g/mol. The Balaban J connectivity index is 2.24. The van der Waals surface area contributed by atoms with E-state index in [1.807, 2.05) is 17.7 Å². The quantitative estimate of drug-likeness (QED) is 0.856. The molecule has 0 fully saturated rings. The summed E-state index contributed by atoms with van der Waals surface area (Å²) in [4.78, 5) is 0. The summed E-state index contributed by atoms with van der Waals surface area (Å²) in [5, 5.41) is 8.74. The Labute approximate surface area is 132 Å². The van der Waals surface area contributed by atoms with E-state index in [9.17, 15) is 0 Å². The number of aryl methyl sites for hydroxylation is 2. The van der Waals surface area contributed by atoms with Crippen LogP contribution in [0.2, 0.25) is 5.02 Å². The van der Waals surface area contributed by atoms with Crippen LogP contribution in [0.15, 0.2) is 24.4 Å². The van der Waals surface area contributed by atoms with Gasteiger partial charge in [0, 0.05) is 41.5 Å². The molecule has 0 bridgehead atoms. The van der Waals surface area contributed by atoms with Gasteiger partial charge in [0.2, 0.25) is 0 Å². The minimum absolute atomic E-state index is 0.470. The molecule has 2 rings (SSSR count). The van der Waals surface area contributed by atoms with Gasteiger partial charge in [-0.05, 0) is 25.0 Å². The summed E-state index contributed by atoms with van der Waals surface area (Å²) in [7, 11) is 0. The zero-order chi connectivity index (χ0) is 15.4. The maximum absolute atomic E-state index is 6.47. The predicted octanol–water partition coefficient (Wildman–Crippen LogP) is 4.42. The summed E-state index contributed by atoms with van der Waals surface area (Å²) in [6.45, 7) is 10.2. The minimum Gasteiger partial charge on any atom is -0.310 e. The highest BCUT2D eigenvalue weighted by molar-refractivity contribution is 6.33. The number of rotatable bonds is 6. The van der Waals surface area contributed by atoms with E-state index in [0.717, 1.165) is 41.4 Å². The topological polar surface area (TPSA) is 29.9 Å². The lowest BCUT2D eigenvalue weighted by atomic mass is 10.0. The predicted molar refractivity (Wildman–Crippen MR) is 89.7 cm³/mol.